The lowest BCUT2D eigenvalue weighted by Crippen LogP contribution is -2.34. The van der Waals surface area contributed by atoms with E-state index in [1.54, 1.807) is 6.92 Å². The number of benzene rings is 2. The van der Waals surface area contributed by atoms with E-state index < -0.39 is 0 Å². The van der Waals surface area contributed by atoms with Crippen LogP contribution in [-0.4, -0.2) is 42.5 Å². The molecule has 4 rings (SSSR count). The third kappa shape index (κ3) is 5.48. The van der Waals surface area contributed by atoms with Gasteiger partial charge in [0.2, 0.25) is 0 Å². The van der Waals surface area contributed by atoms with Crippen molar-refractivity contribution in [3.63, 3.8) is 0 Å². The van der Waals surface area contributed by atoms with E-state index in [1.807, 2.05) is 79.7 Å². The number of esters is 1. The highest BCUT2D eigenvalue weighted by molar-refractivity contribution is 8.16. The number of para-hydroxylation sites is 1. The summed E-state index contributed by atoms with van der Waals surface area (Å²) >= 11 is 1.53. The molecule has 0 unspecified atom stereocenters. The number of rotatable bonds is 10. The average Bonchev–Trinajstić information content (AvgIpc) is 3.31. The molecule has 0 saturated heterocycles. The van der Waals surface area contributed by atoms with Crippen LogP contribution in [0.15, 0.2) is 70.3 Å². The molecule has 0 saturated carbocycles. The Labute approximate surface area is 210 Å². The molecule has 0 spiro atoms. The van der Waals surface area contributed by atoms with E-state index in [1.165, 1.54) is 11.8 Å². The fourth-order valence-electron chi connectivity index (χ4n) is 4.00. The summed E-state index contributed by atoms with van der Waals surface area (Å²) in [6.45, 7) is 9.14. The molecular formula is C27H30N2O5S. The molecule has 7 nitrogen and oxygen atoms in total. The Balaban J connectivity index is 1.56. The van der Waals surface area contributed by atoms with Crippen LogP contribution in [0.4, 0.5) is 0 Å². The van der Waals surface area contributed by atoms with Crippen LogP contribution in [0.5, 0.6) is 17.2 Å². The largest absolute Gasteiger partial charge is 0.490 e. The minimum Gasteiger partial charge on any atom is -0.490 e. The third-order valence-corrected chi connectivity index (χ3v) is 6.36. The summed E-state index contributed by atoms with van der Waals surface area (Å²) in [5.74, 6) is 1.71. The maximum Gasteiger partial charge on any atom is 0.338 e. The summed E-state index contributed by atoms with van der Waals surface area (Å²) < 4.78 is 23.1. The smallest absolute Gasteiger partial charge is 0.338 e. The molecule has 0 amide bonds. The topological polar surface area (TPSA) is 69.6 Å². The number of hydrogen-bond acceptors (Lipinski definition) is 8. The van der Waals surface area contributed by atoms with Gasteiger partial charge in [0.1, 0.15) is 19.0 Å². The zero-order valence-electron chi connectivity index (χ0n) is 20.4. The molecular weight excluding hydrogens is 464 g/mol. The first kappa shape index (κ1) is 24.7. The first-order chi connectivity index (χ1) is 17.0. The van der Waals surface area contributed by atoms with Crippen LogP contribution in [0.3, 0.4) is 0 Å². The second-order valence-electron chi connectivity index (χ2n) is 7.93. The molecule has 35 heavy (non-hydrogen) atoms. The van der Waals surface area contributed by atoms with Gasteiger partial charge in [-0.05, 0) is 62.4 Å². The Morgan fingerprint density at radius 2 is 1.74 bits per heavy atom. The van der Waals surface area contributed by atoms with Crippen molar-refractivity contribution in [3.8, 4) is 17.2 Å². The Kier molecular flexibility index (Phi) is 8.02. The zero-order valence-corrected chi connectivity index (χ0v) is 21.3. The first-order valence-electron chi connectivity index (χ1n) is 11.7. The number of carbonyl (C=O) groups is 1. The number of ether oxygens (including phenoxy) is 4. The van der Waals surface area contributed by atoms with Gasteiger partial charge in [0.25, 0.3) is 0 Å². The van der Waals surface area contributed by atoms with Crippen molar-refractivity contribution in [1.29, 1.82) is 0 Å². The Morgan fingerprint density at radius 3 is 2.49 bits per heavy atom. The molecule has 0 radical (unpaired) electrons. The number of thioether (sulfide) groups is 1. The lowest BCUT2D eigenvalue weighted by atomic mass is 9.94. The molecule has 8 heteroatoms. The van der Waals surface area contributed by atoms with E-state index in [0.717, 1.165) is 22.0 Å². The molecule has 1 atom stereocenters. The molecule has 2 aromatic carbocycles. The van der Waals surface area contributed by atoms with Crippen LogP contribution in [0.25, 0.3) is 0 Å². The number of aryl methyl sites for hydroxylation is 1. The van der Waals surface area contributed by atoms with Gasteiger partial charge < -0.3 is 23.8 Å². The Morgan fingerprint density at radius 1 is 0.971 bits per heavy atom. The van der Waals surface area contributed by atoms with Crippen LogP contribution >= 0.6 is 11.8 Å². The van der Waals surface area contributed by atoms with Crippen LogP contribution in [0, 0.1) is 6.92 Å². The molecule has 0 bridgehead atoms. The van der Waals surface area contributed by atoms with E-state index in [9.17, 15) is 4.79 Å². The van der Waals surface area contributed by atoms with Crippen molar-refractivity contribution in [2.75, 3.05) is 26.4 Å². The van der Waals surface area contributed by atoms with E-state index in [-0.39, 0.29) is 12.0 Å². The van der Waals surface area contributed by atoms with Gasteiger partial charge in [-0.3, -0.25) is 0 Å². The SMILES string of the molecule is CCOC(=O)C1=C(C)N=C2SC=CN2[C@H]1c1ccc(OCCOc2ccccc2C)c(OCC)c1. The van der Waals surface area contributed by atoms with Crippen molar-refractivity contribution in [1.82, 2.24) is 4.90 Å². The average molecular weight is 495 g/mol. The molecule has 0 N–H and O–H groups in total. The highest BCUT2D eigenvalue weighted by Crippen LogP contribution is 2.43. The molecule has 2 aliphatic heterocycles. The minimum absolute atomic E-state index is 0.297. The summed E-state index contributed by atoms with van der Waals surface area (Å²) in [4.78, 5) is 19.5. The summed E-state index contributed by atoms with van der Waals surface area (Å²) in [7, 11) is 0. The highest BCUT2D eigenvalue weighted by atomic mass is 32.2. The van der Waals surface area contributed by atoms with Gasteiger partial charge in [-0.15, -0.1) is 0 Å². The summed E-state index contributed by atoms with van der Waals surface area (Å²) in [6.07, 6.45) is 1.94. The lowest BCUT2D eigenvalue weighted by Gasteiger charge is -2.33. The van der Waals surface area contributed by atoms with E-state index in [0.29, 0.717) is 49.2 Å². The minimum atomic E-state index is -0.370. The number of carbonyl (C=O) groups excluding carboxylic acids is 1. The van der Waals surface area contributed by atoms with Gasteiger partial charge in [0.05, 0.1) is 30.5 Å². The predicted octanol–water partition coefficient (Wildman–Crippen LogP) is 5.62. The number of aliphatic imine (C=N–C) groups is 1. The molecule has 2 heterocycles. The fraction of sp³-hybridized carbons (Fsp3) is 0.333. The Hall–Kier alpha value is -3.39. The molecule has 0 aliphatic carbocycles. The van der Waals surface area contributed by atoms with Crippen molar-refractivity contribution in [3.05, 3.63) is 76.5 Å². The second kappa shape index (κ2) is 11.4. The Bertz CT molecular complexity index is 1170. The van der Waals surface area contributed by atoms with Crippen LogP contribution in [0.2, 0.25) is 0 Å². The van der Waals surface area contributed by atoms with Crippen molar-refractivity contribution < 1.29 is 23.7 Å². The van der Waals surface area contributed by atoms with E-state index in [2.05, 4.69) is 4.99 Å². The van der Waals surface area contributed by atoms with Crippen molar-refractivity contribution in [2.24, 2.45) is 4.99 Å². The van der Waals surface area contributed by atoms with Gasteiger partial charge in [0, 0.05) is 6.20 Å². The van der Waals surface area contributed by atoms with E-state index >= 15 is 0 Å². The van der Waals surface area contributed by atoms with Crippen LogP contribution in [0.1, 0.15) is 37.9 Å². The highest BCUT2D eigenvalue weighted by Gasteiger charge is 2.37. The van der Waals surface area contributed by atoms with Crippen LogP contribution in [-0.2, 0) is 9.53 Å². The van der Waals surface area contributed by atoms with Gasteiger partial charge in [-0.1, -0.05) is 36.0 Å². The normalized spacial score (nSPS) is 16.6. The predicted molar refractivity (Wildman–Crippen MR) is 138 cm³/mol. The number of nitrogens with zero attached hydrogens (tertiary/aromatic N) is 2. The number of hydrogen-bond donors (Lipinski definition) is 0. The van der Waals surface area contributed by atoms with Gasteiger partial charge in [-0.25, -0.2) is 9.79 Å². The standard InChI is InChI=1S/C27H30N2O5S/c1-5-31-23-17-20(11-12-22(23)34-15-14-33-21-10-8-7-9-18(21)3)25-24(26(30)32-6-2)19(4)28-27-29(25)13-16-35-27/h7-13,16-17,25H,5-6,14-15H2,1-4H3/t25-/m0/s1. The number of amidine groups is 1. The molecule has 2 aliphatic rings. The van der Waals surface area contributed by atoms with E-state index in [4.69, 9.17) is 18.9 Å². The number of fused-ring (bicyclic) bond motifs is 1. The second-order valence-corrected chi connectivity index (χ2v) is 8.80. The fourth-order valence-corrected chi connectivity index (χ4v) is 4.79. The molecule has 0 fully saturated rings. The van der Waals surface area contributed by atoms with Gasteiger partial charge in [0.15, 0.2) is 16.7 Å². The quantitative estimate of drug-likeness (QED) is 0.314. The van der Waals surface area contributed by atoms with Crippen molar-refractivity contribution in [2.45, 2.75) is 33.7 Å². The zero-order chi connectivity index (χ0) is 24.8. The molecule has 184 valence electrons. The maximum absolute atomic E-state index is 12.9. The lowest BCUT2D eigenvalue weighted by molar-refractivity contribution is -0.139. The molecule has 2 aromatic rings. The van der Waals surface area contributed by atoms with Gasteiger partial charge in [-0.2, -0.15) is 0 Å². The number of allylic oxidation sites excluding steroid dienone is 1. The maximum atomic E-state index is 12.9. The van der Waals surface area contributed by atoms with Gasteiger partial charge >= 0.3 is 5.97 Å². The molecule has 0 aromatic heterocycles. The summed E-state index contributed by atoms with van der Waals surface area (Å²) in [6, 6.07) is 13.3. The van der Waals surface area contributed by atoms with Crippen molar-refractivity contribution >= 4 is 22.9 Å². The third-order valence-electron chi connectivity index (χ3n) is 5.59. The first-order valence-corrected chi connectivity index (χ1v) is 12.6. The summed E-state index contributed by atoms with van der Waals surface area (Å²) in [5, 5.41) is 2.79. The summed E-state index contributed by atoms with van der Waals surface area (Å²) in [5.41, 5.74) is 3.14. The van der Waals surface area contributed by atoms with Crippen LogP contribution < -0.4 is 14.2 Å². The monoisotopic (exact) mass is 494 g/mol.